The van der Waals surface area contributed by atoms with Gasteiger partial charge in [-0.25, -0.2) is 8.42 Å². The Kier molecular flexibility index (Phi) is 9.06. The second kappa shape index (κ2) is 12.0. The van der Waals surface area contributed by atoms with Crippen molar-refractivity contribution in [2.24, 2.45) is 0 Å². The van der Waals surface area contributed by atoms with Gasteiger partial charge in [-0.15, -0.1) is 0 Å². The molecule has 3 aromatic rings. The highest BCUT2D eigenvalue weighted by atomic mass is 32.2. The molecular weight excluding hydrogens is 494 g/mol. The number of thiocarbonyl (C=S) groups is 1. The zero-order valence-corrected chi connectivity index (χ0v) is 22.4. The minimum atomic E-state index is -3.76. The number of carbonyl (C=O) groups is 1. The molecule has 0 bridgehead atoms. The van der Waals surface area contributed by atoms with Gasteiger partial charge in [-0.1, -0.05) is 31.5 Å². The summed E-state index contributed by atoms with van der Waals surface area (Å²) < 4.78 is 34.0. The molecule has 0 radical (unpaired) electrons. The molecule has 0 aromatic heterocycles. The lowest BCUT2D eigenvalue weighted by molar-refractivity contribution is 0.0970. The number of para-hydroxylation sites is 1. The van der Waals surface area contributed by atoms with E-state index in [9.17, 15) is 13.2 Å². The standard InChI is InChI=1S/C27H31N3O4S2/c1-5-8-20(4)34-25-10-7-6-9-24(25)26(31)29-27(35)28-21-13-15-23(16-14-21)36(32,33)30-22-12-11-18(2)19(3)17-22/h6-7,9-17,20,30H,5,8H2,1-4H3,(H2,28,29,31,35). The first-order chi connectivity index (χ1) is 17.1. The number of anilines is 2. The molecule has 1 unspecified atom stereocenters. The molecule has 3 N–H and O–H groups in total. The summed E-state index contributed by atoms with van der Waals surface area (Å²) in [7, 11) is -3.76. The smallest absolute Gasteiger partial charge is 0.261 e. The van der Waals surface area contributed by atoms with Crippen LogP contribution >= 0.6 is 12.2 Å². The van der Waals surface area contributed by atoms with Crippen LogP contribution in [0.15, 0.2) is 71.6 Å². The molecule has 3 aromatic carbocycles. The van der Waals surface area contributed by atoms with E-state index in [1.165, 1.54) is 12.1 Å². The Morgan fingerprint density at radius 3 is 2.31 bits per heavy atom. The number of benzene rings is 3. The van der Waals surface area contributed by atoms with E-state index < -0.39 is 15.9 Å². The molecule has 0 saturated carbocycles. The van der Waals surface area contributed by atoms with Gasteiger partial charge in [0.15, 0.2) is 5.11 Å². The number of rotatable bonds is 9. The average molecular weight is 526 g/mol. The van der Waals surface area contributed by atoms with Crippen LogP contribution in [0.2, 0.25) is 0 Å². The minimum absolute atomic E-state index is 0.0201. The first kappa shape index (κ1) is 27.2. The molecule has 9 heteroatoms. The maximum absolute atomic E-state index is 12.8. The van der Waals surface area contributed by atoms with E-state index in [4.69, 9.17) is 17.0 Å². The second-order valence-electron chi connectivity index (χ2n) is 8.55. The Hall–Kier alpha value is -3.43. The number of sulfonamides is 1. The van der Waals surface area contributed by atoms with Crippen molar-refractivity contribution < 1.29 is 17.9 Å². The van der Waals surface area contributed by atoms with Crippen molar-refractivity contribution in [3.63, 3.8) is 0 Å². The molecule has 0 heterocycles. The normalized spacial score (nSPS) is 11.9. The minimum Gasteiger partial charge on any atom is -0.490 e. The van der Waals surface area contributed by atoms with Crippen molar-refractivity contribution >= 4 is 44.6 Å². The summed E-state index contributed by atoms with van der Waals surface area (Å²) in [5, 5.41) is 5.64. The Morgan fingerprint density at radius 2 is 1.64 bits per heavy atom. The lowest BCUT2D eigenvalue weighted by atomic mass is 10.1. The molecule has 0 aliphatic heterocycles. The van der Waals surface area contributed by atoms with Gasteiger partial charge in [0.2, 0.25) is 0 Å². The van der Waals surface area contributed by atoms with Crippen LogP contribution in [-0.2, 0) is 10.0 Å². The lowest BCUT2D eigenvalue weighted by Crippen LogP contribution is -2.34. The molecule has 1 atom stereocenters. The third-order valence-electron chi connectivity index (χ3n) is 5.56. The summed E-state index contributed by atoms with van der Waals surface area (Å²) in [6, 6.07) is 18.5. The van der Waals surface area contributed by atoms with Crippen molar-refractivity contribution in [3.8, 4) is 5.75 Å². The first-order valence-electron chi connectivity index (χ1n) is 11.7. The number of aryl methyl sites for hydroxylation is 2. The zero-order chi connectivity index (χ0) is 26.3. The van der Waals surface area contributed by atoms with Crippen LogP contribution in [0.5, 0.6) is 5.75 Å². The summed E-state index contributed by atoms with van der Waals surface area (Å²) >= 11 is 5.29. The van der Waals surface area contributed by atoms with Gasteiger partial charge in [0, 0.05) is 11.4 Å². The number of amides is 1. The molecule has 0 fully saturated rings. The molecule has 3 rings (SSSR count). The van der Waals surface area contributed by atoms with Gasteiger partial charge in [0.05, 0.1) is 16.6 Å². The maximum Gasteiger partial charge on any atom is 0.261 e. The number of nitrogens with one attached hydrogen (secondary N) is 3. The van der Waals surface area contributed by atoms with Crippen molar-refractivity contribution in [2.45, 2.75) is 51.5 Å². The second-order valence-corrected chi connectivity index (χ2v) is 10.6. The van der Waals surface area contributed by atoms with Crippen molar-refractivity contribution in [1.82, 2.24) is 5.32 Å². The third-order valence-corrected chi connectivity index (χ3v) is 7.17. The van der Waals surface area contributed by atoms with E-state index in [1.807, 2.05) is 32.9 Å². The van der Waals surface area contributed by atoms with Crippen LogP contribution in [0, 0.1) is 13.8 Å². The van der Waals surface area contributed by atoms with E-state index in [1.54, 1.807) is 42.5 Å². The highest BCUT2D eigenvalue weighted by molar-refractivity contribution is 7.92. The fourth-order valence-corrected chi connectivity index (χ4v) is 4.77. The van der Waals surface area contributed by atoms with E-state index in [-0.39, 0.29) is 16.1 Å². The molecule has 0 saturated heterocycles. The van der Waals surface area contributed by atoms with Gasteiger partial charge >= 0.3 is 0 Å². The molecule has 0 spiro atoms. The third kappa shape index (κ3) is 7.29. The maximum atomic E-state index is 12.8. The highest BCUT2D eigenvalue weighted by Crippen LogP contribution is 2.22. The Bertz CT molecular complexity index is 1340. The number of hydrogen-bond donors (Lipinski definition) is 3. The highest BCUT2D eigenvalue weighted by Gasteiger charge is 2.17. The van der Waals surface area contributed by atoms with E-state index >= 15 is 0 Å². The summed E-state index contributed by atoms with van der Waals surface area (Å²) in [4.78, 5) is 12.9. The monoisotopic (exact) mass is 525 g/mol. The fraction of sp³-hybridized carbons (Fsp3) is 0.259. The van der Waals surface area contributed by atoms with E-state index in [0.29, 0.717) is 22.7 Å². The summed E-state index contributed by atoms with van der Waals surface area (Å²) in [5.74, 6) is 0.0909. The SMILES string of the molecule is CCCC(C)Oc1ccccc1C(=O)NC(=S)Nc1ccc(S(=O)(=O)Nc2ccc(C)c(C)c2)cc1. The van der Waals surface area contributed by atoms with Gasteiger partial charge < -0.3 is 10.1 Å². The predicted octanol–water partition coefficient (Wildman–Crippen LogP) is 5.80. The largest absolute Gasteiger partial charge is 0.490 e. The first-order valence-corrected chi connectivity index (χ1v) is 13.6. The van der Waals surface area contributed by atoms with Crippen molar-refractivity contribution in [3.05, 3.63) is 83.4 Å². The van der Waals surface area contributed by atoms with E-state index in [2.05, 4.69) is 22.3 Å². The zero-order valence-electron chi connectivity index (χ0n) is 20.8. The Labute approximate surface area is 218 Å². The van der Waals surface area contributed by atoms with Crippen LogP contribution in [0.4, 0.5) is 11.4 Å². The number of hydrogen-bond acceptors (Lipinski definition) is 5. The average Bonchev–Trinajstić information content (AvgIpc) is 2.82. The van der Waals surface area contributed by atoms with Crippen LogP contribution in [0.1, 0.15) is 48.2 Å². The van der Waals surface area contributed by atoms with Crippen LogP contribution in [0.25, 0.3) is 0 Å². The summed E-state index contributed by atoms with van der Waals surface area (Å²) in [5.41, 5.74) is 3.49. The van der Waals surface area contributed by atoms with Gasteiger partial charge in [0.25, 0.3) is 15.9 Å². The molecule has 0 aliphatic rings. The van der Waals surface area contributed by atoms with Crippen molar-refractivity contribution in [1.29, 1.82) is 0 Å². The molecule has 36 heavy (non-hydrogen) atoms. The van der Waals surface area contributed by atoms with Gasteiger partial charge in [-0.3, -0.25) is 14.8 Å². The molecular formula is C27H31N3O4S2. The fourth-order valence-electron chi connectivity index (χ4n) is 3.51. The Balaban J connectivity index is 1.63. The van der Waals surface area contributed by atoms with Gasteiger partial charge in [-0.2, -0.15) is 0 Å². The summed E-state index contributed by atoms with van der Waals surface area (Å²) in [6.07, 6.45) is 1.83. The lowest BCUT2D eigenvalue weighted by Gasteiger charge is -2.17. The van der Waals surface area contributed by atoms with Gasteiger partial charge in [0.1, 0.15) is 5.75 Å². The number of carbonyl (C=O) groups excluding carboxylic acids is 1. The van der Waals surface area contributed by atoms with Gasteiger partial charge in [-0.05, 0) is 99.1 Å². The topological polar surface area (TPSA) is 96.5 Å². The quantitative estimate of drug-likeness (QED) is 0.306. The number of ether oxygens (including phenoxy) is 1. The summed E-state index contributed by atoms with van der Waals surface area (Å²) in [6.45, 7) is 7.93. The molecule has 1 amide bonds. The predicted molar refractivity (Wildman–Crippen MR) is 148 cm³/mol. The van der Waals surface area contributed by atoms with Crippen molar-refractivity contribution in [2.75, 3.05) is 10.0 Å². The molecule has 0 aliphatic carbocycles. The Morgan fingerprint density at radius 1 is 0.972 bits per heavy atom. The van der Waals surface area contributed by atoms with Crippen LogP contribution in [0.3, 0.4) is 0 Å². The van der Waals surface area contributed by atoms with E-state index in [0.717, 1.165) is 24.0 Å². The van der Waals surface area contributed by atoms with Crippen LogP contribution in [-0.4, -0.2) is 25.5 Å². The van der Waals surface area contributed by atoms with Crippen LogP contribution < -0.4 is 20.1 Å². The molecule has 7 nitrogen and oxygen atoms in total. The molecule has 190 valence electrons.